The van der Waals surface area contributed by atoms with Gasteiger partial charge in [0.1, 0.15) is 5.56 Å². The van der Waals surface area contributed by atoms with E-state index < -0.39 is 11.5 Å². The summed E-state index contributed by atoms with van der Waals surface area (Å²) in [5.41, 5.74) is 3.72. The Bertz CT molecular complexity index is 1120. The van der Waals surface area contributed by atoms with Crippen LogP contribution in [0.2, 0.25) is 0 Å². The van der Waals surface area contributed by atoms with Crippen molar-refractivity contribution >= 4 is 11.7 Å². The van der Waals surface area contributed by atoms with E-state index in [9.17, 15) is 14.4 Å². The van der Waals surface area contributed by atoms with Gasteiger partial charge < -0.3 is 10.3 Å². The molecule has 0 bridgehead atoms. The monoisotopic (exact) mass is 386 g/mol. The van der Waals surface area contributed by atoms with Crippen LogP contribution in [0.3, 0.4) is 0 Å². The van der Waals surface area contributed by atoms with Crippen LogP contribution >= 0.6 is 0 Å². The smallest absolute Gasteiger partial charge is 0.261 e. The minimum Gasteiger partial charge on any atom is -0.348 e. The van der Waals surface area contributed by atoms with Crippen LogP contribution in [-0.4, -0.2) is 16.7 Å². The van der Waals surface area contributed by atoms with Gasteiger partial charge >= 0.3 is 0 Å². The molecule has 1 atom stereocenters. The van der Waals surface area contributed by atoms with E-state index in [0.29, 0.717) is 30.6 Å². The van der Waals surface area contributed by atoms with Gasteiger partial charge in [-0.25, -0.2) is 0 Å². The summed E-state index contributed by atoms with van der Waals surface area (Å²) in [5, 5.41) is 2.76. The number of aromatic amines is 1. The third kappa shape index (κ3) is 4.04. The van der Waals surface area contributed by atoms with Gasteiger partial charge in [-0.1, -0.05) is 60.2 Å². The molecule has 0 saturated heterocycles. The molecule has 0 saturated carbocycles. The predicted octanol–water partition coefficient (Wildman–Crippen LogP) is 3.53. The van der Waals surface area contributed by atoms with Crippen molar-refractivity contribution in [1.82, 2.24) is 10.3 Å². The first-order chi connectivity index (χ1) is 14.0. The van der Waals surface area contributed by atoms with Gasteiger partial charge in [0.25, 0.3) is 11.5 Å². The molecule has 0 aliphatic heterocycles. The lowest BCUT2D eigenvalue weighted by atomic mass is 9.81. The second kappa shape index (κ2) is 7.87. The van der Waals surface area contributed by atoms with Crippen molar-refractivity contribution in [3.63, 3.8) is 0 Å². The summed E-state index contributed by atoms with van der Waals surface area (Å²) in [5.74, 6) is -0.496. The summed E-state index contributed by atoms with van der Waals surface area (Å²) < 4.78 is 0. The van der Waals surface area contributed by atoms with Crippen molar-refractivity contribution in [2.45, 2.75) is 32.2 Å². The lowest BCUT2D eigenvalue weighted by Crippen LogP contribution is -2.32. The molecule has 1 aliphatic carbocycles. The Hall–Kier alpha value is -3.47. The van der Waals surface area contributed by atoms with Gasteiger partial charge in [-0.3, -0.25) is 14.4 Å². The van der Waals surface area contributed by atoms with Crippen molar-refractivity contribution in [1.29, 1.82) is 0 Å². The summed E-state index contributed by atoms with van der Waals surface area (Å²) in [6.07, 6.45) is 0.944. The van der Waals surface area contributed by atoms with Gasteiger partial charge in [0.05, 0.1) is 0 Å². The van der Waals surface area contributed by atoms with E-state index in [1.54, 1.807) is 0 Å². The van der Waals surface area contributed by atoms with E-state index in [-0.39, 0.29) is 17.3 Å². The highest BCUT2D eigenvalue weighted by Crippen LogP contribution is 2.31. The number of rotatable bonds is 4. The summed E-state index contributed by atoms with van der Waals surface area (Å²) >= 11 is 0. The molecular weight excluding hydrogens is 364 g/mol. The Morgan fingerprint density at radius 2 is 1.76 bits per heavy atom. The third-order valence-electron chi connectivity index (χ3n) is 5.39. The molecule has 4 rings (SSSR count). The number of H-pyrrole nitrogens is 1. The SMILES string of the molecule is Cc1ccc(CNC(=O)c2cc3c([nH]c2=O)CC(c2ccccc2)CC3=O)cc1. The molecule has 0 radical (unpaired) electrons. The fraction of sp³-hybridized carbons (Fsp3) is 0.208. The Morgan fingerprint density at radius 1 is 1.03 bits per heavy atom. The molecule has 5 nitrogen and oxygen atoms in total. The average molecular weight is 386 g/mol. The quantitative estimate of drug-likeness (QED) is 0.720. The standard InChI is InChI=1S/C24H22N2O3/c1-15-7-9-16(10-8-15)14-25-23(28)20-13-19-21(26-24(20)29)11-18(12-22(19)27)17-5-3-2-4-6-17/h2-10,13,18H,11-12,14H2,1H3,(H,25,28)(H,26,29). The first kappa shape index (κ1) is 18.9. The first-order valence-electron chi connectivity index (χ1n) is 9.69. The molecule has 1 aromatic heterocycles. The van der Waals surface area contributed by atoms with Gasteiger partial charge in [-0.15, -0.1) is 0 Å². The van der Waals surface area contributed by atoms with Crippen LogP contribution in [0.15, 0.2) is 65.5 Å². The van der Waals surface area contributed by atoms with Gasteiger partial charge in [0.2, 0.25) is 0 Å². The van der Waals surface area contributed by atoms with Crippen LogP contribution in [0, 0.1) is 6.92 Å². The van der Waals surface area contributed by atoms with E-state index >= 15 is 0 Å². The van der Waals surface area contributed by atoms with E-state index in [0.717, 1.165) is 16.7 Å². The zero-order chi connectivity index (χ0) is 20.4. The number of nitrogens with one attached hydrogen (secondary N) is 2. The minimum atomic E-state index is -0.479. The highest BCUT2D eigenvalue weighted by molar-refractivity contribution is 6.02. The van der Waals surface area contributed by atoms with Gasteiger partial charge in [0, 0.05) is 24.2 Å². The van der Waals surface area contributed by atoms with Crippen LogP contribution in [0.1, 0.15) is 55.4 Å². The number of amides is 1. The lowest BCUT2D eigenvalue weighted by molar-refractivity contribution is 0.0949. The Balaban J connectivity index is 1.54. The molecule has 3 aromatic rings. The van der Waals surface area contributed by atoms with Crippen molar-refractivity contribution in [3.05, 3.63) is 105 Å². The highest BCUT2D eigenvalue weighted by atomic mass is 16.2. The number of ketones is 1. The topological polar surface area (TPSA) is 79.0 Å². The van der Waals surface area contributed by atoms with Gasteiger partial charge in [-0.05, 0) is 36.5 Å². The molecule has 2 aromatic carbocycles. The van der Waals surface area contributed by atoms with Crippen molar-refractivity contribution < 1.29 is 9.59 Å². The van der Waals surface area contributed by atoms with E-state index in [1.165, 1.54) is 6.07 Å². The predicted molar refractivity (Wildman–Crippen MR) is 111 cm³/mol. The molecule has 1 unspecified atom stereocenters. The largest absolute Gasteiger partial charge is 0.348 e. The number of pyridine rings is 1. The summed E-state index contributed by atoms with van der Waals surface area (Å²) in [4.78, 5) is 40.5. The molecule has 29 heavy (non-hydrogen) atoms. The Labute approximate surface area is 168 Å². The van der Waals surface area contributed by atoms with Crippen molar-refractivity contribution in [2.24, 2.45) is 0 Å². The van der Waals surface area contributed by atoms with Gasteiger partial charge in [0.15, 0.2) is 5.78 Å². The average Bonchev–Trinajstić information content (AvgIpc) is 2.73. The molecule has 146 valence electrons. The molecule has 1 amide bonds. The highest BCUT2D eigenvalue weighted by Gasteiger charge is 2.28. The number of hydrogen-bond donors (Lipinski definition) is 2. The first-order valence-corrected chi connectivity index (χ1v) is 9.69. The number of Topliss-reactive ketones (excluding diaryl/α,β-unsaturated/α-hetero) is 1. The van der Waals surface area contributed by atoms with Crippen LogP contribution in [0.5, 0.6) is 0 Å². The Kier molecular flexibility index (Phi) is 5.12. The normalized spacial score (nSPS) is 15.6. The number of carbonyl (C=O) groups is 2. The fourth-order valence-electron chi connectivity index (χ4n) is 3.74. The van der Waals surface area contributed by atoms with Crippen LogP contribution in [-0.2, 0) is 13.0 Å². The second-order valence-electron chi connectivity index (χ2n) is 7.51. The summed E-state index contributed by atoms with van der Waals surface area (Å²) in [7, 11) is 0. The van der Waals surface area contributed by atoms with Crippen LogP contribution in [0.4, 0.5) is 0 Å². The number of aromatic nitrogens is 1. The summed E-state index contributed by atoms with van der Waals surface area (Å²) in [6, 6.07) is 19.1. The molecular formula is C24H22N2O3. The molecule has 1 heterocycles. The van der Waals surface area contributed by atoms with Crippen LogP contribution < -0.4 is 10.9 Å². The van der Waals surface area contributed by atoms with Crippen molar-refractivity contribution in [2.75, 3.05) is 0 Å². The fourth-order valence-corrected chi connectivity index (χ4v) is 3.74. The van der Waals surface area contributed by atoms with E-state index in [1.807, 2.05) is 61.5 Å². The maximum absolute atomic E-state index is 12.7. The number of carbonyl (C=O) groups excluding carboxylic acids is 2. The molecule has 5 heteroatoms. The summed E-state index contributed by atoms with van der Waals surface area (Å²) in [6.45, 7) is 2.31. The zero-order valence-corrected chi connectivity index (χ0v) is 16.2. The molecule has 2 N–H and O–H groups in total. The van der Waals surface area contributed by atoms with Gasteiger partial charge in [-0.2, -0.15) is 0 Å². The maximum atomic E-state index is 12.7. The van der Waals surface area contributed by atoms with Crippen LogP contribution in [0.25, 0.3) is 0 Å². The van der Waals surface area contributed by atoms with E-state index in [2.05, 4.69) is 10.3 Å². The number of benzene rings is 2. The third-order valence-corrected chi connectivity index (χ3v) is 5.39. The van der Waals surface area contributed by atoms with E-state index in [4.69, 9.17) is 0 Å². The zero-order valence-electron chi connectivity index (χ0n) is 16.2. The maximum Gasteiger partial charge on any atom is 0.261 e. The second-order valence-corrected chi connectivity index (χ2v) is 7.51. The van der Waals surface area contributed by atoms with Crippen molar-refractivity contribution in [3.8, 4) is 0 Å². The molecule has 0 spiro atoms. The number of hydrogen-bond acceptors (Lipinski definition) is 3. The molecule has 0 fully saturated rings. The minimum absolute atomic E-state index is 0.0256. The Morgan fingerprint density at radius 3 is 2.48 bits per heavy atom. The number of fused-ring (bicyclic) bond motifs is 1. The number of aryl methyl sites for hydroxylation is 1. The molecule has 1 aliphatic rings. The lowest BCUT2D eigenvalue weighted by Gasteiger charge is -2.24.